The van der Waals surface area contributed by atoms with Crippen LogP contribution in [0.15, 0.2) is 18.2 Å². The highest BCUT2D eigenvalue weighted by Gasteiger charge is 2.20. The van der Waals surface area contributed by atoms with Gasteiger partial charge in [-0.2, -0.15) is 0 Å². The van der Waals surface area contributed by atoms with E-state index >= 15 is 0 Å². The second-order valence-electron chi connectivity index (χ2n) is 4.26. The molecule has 1 aromatic heterocycles. The molecule has 1 aliphatic rings. The van der Waals surface area contributed by atoms with Gasteiger partial charge in [-0.15, -0.1) is 11.3 Å². The Morgan fingerprint density at radius 3 is 2.87 bits per heavy atom. The van der Waals surface area contributed by atoms with Gasteiger partial charge in [0.15, 0.2) is 0 Å². The lowest BCUT2D eigenvalue weighted by atomic mass is 10.1. The monoisotopic (exact) mass is 218 g/mol. The summed E-state index contributed by atoms with van der Waals surface area (Å²) in [5, 5.41) is 1.31. The van der Waals surface area contributed by atoms with Crippen molar-refractivity contribution in [1.82, 2.24) is 4.98 Å². The first-order chi connectivity index (χ1) is 7.33. The second kappa shape index (κ2) is 3.49. The van der Waals surface area contributed by atoms with Crippen LogP contribution in [-0.2, 0) is 0 Å². The summed E-state index contributed by atoms with van der Waals surface area (Å²) >= 11 is 1.82. The molecule has 3 rings (SSSR count). The first-order valence-corrected chi connectivity index (χ1v) is 6.30. The topological polar surface area (TPSA) is 38.9 Å². The van der Waals surface area contributed by atoms with Crippen LogP contribution in [0.3, 0.4) is 0 Å². The summed E-state index contributed by atoms with van der Waals surface area (Å²) in [5.74, 6) is 0.712. The first kappa shape index (κ1) is 9.16. The van der Waals surface area contributed by atoms with E-state index in [0.29, 0.717) is 5.92 Å². The number of nitrogens with zero attached hydrogens (tertiary/aromatic N) is 1. The maximum Gasteiger partial charge on any atom is 0.0969 e. The fourth-order valence-corrected chi connectivity index (χ4v) is 3.49. The minimum atomic E-state index is 0.712. The molecule has 2 N–H and O–H groups in total. The molecule has 2 aromatic rings. The number of anilines is 1. The fourth-order valence-electron chi connectivity index (χ4n) is 2.31. The number of hydrogen-bond acceptors (Lipinski definition) is 3. The summed E-state index contributed by atoms with van der Waals surface area (Å²) in [6.45, 7) is 0. The minimum Gasteiger partial charge on any atom is -0.399 e. The Balaban J connectivity index is 2.05. The molecule has 1 saturated carbocycles. The Morgan fingerprint density at radius 1 is 1.27 bits per heavy atom. The lowest BCUT2D eigenvalue weighted by Gasteiger charge is -2.01. The molecule has 0 bridgehead atoms. The van der Waals surface area contributed by atoms with Crippen molar-refractivity contribution in [3.63, 3.8) is 0 Å². The molecule has 15 heavy (non-hydrogen) atoms. The molecule has 0 spiro atoms. The number of thiazole rings is 1. The van der Waals surface area contributed by atoms with Gasteiger partial charge in [0.25, 0.3) is 0 Å². The van der Waals surface area contributed by atoms with Crippen molar-refractivity contribution in [3.05, 3.63) is 23.2 Å². The average Bonchev–Trinajstić information content (AvgIpc) is 2.84. The zero-order valence-corrected chi connectivity index (χ0v) is 9.39. The molecule has 2 nitrogen and oxygen atoms in total. The maximum atomic E-state index is 5.77. The number of hydrogen-bond donors (Lipinski definition) is 1. The summed E-state index contributed by atoms with van der Waals surface area (Å²) in [6, 6.07) is 5.99. The van der Waals surface area contributed by atoms with Crippen LogP contribution in [0.25, 0.3) is 10.2 Å². The molecular formula is C12H14N2S. The first-order valence-electron chi connectivity index (χ1n) is 5.49. The van der Waals surface area contributed by atoms with E-state index in [1.807, 2.05) is 29.5 Å². The molecule has 0 unspecified atom stereocenters. The second-order valence-corrected chi connectivity index (χ2v) is 5.32. The lowest BCUT2D eigenvalue weighted by molar-refractivity contribution is 0.718. The third-order valence-corrected chi connectivity index (χ3v) is 4.31. The Morgan fingerprint density at radius 2 is 2.07 bits per heavy atom. The molecule has 1 heterocycles. The van der Waals surface area contributed by atoms with E-state index in [-0.39, 0.29) is 0 Å². The molecule has 78 valence electrons. The van der Waals surface area contributed by atoms with Crippen molar-refractivity contribution < 1.29 is 0 Å². The highest BCUT2D eigenvalue weighted by molar-refractivity contribution is 7.18. The molecular weight excluding hydrogens is 204 g/mol. The molecule has 0 radical (unpaired) electrons. The van der Waals surface area contributed by atoms with Gasteiger partial charge >= 0.3 is 0 Å². The van der Waals surface area contributed by atoms with E-state index in [1.165, 1.54) is 35.4 Å². The molecule has 1 aliphatic carbocycles. The summed E-state index contributed by atoms with van der Waals surface area (Å²) in [4.78, 5) is 4.70. The molecule has 0 aliphatic heterocycles. The van der Waals surface area contributed by atoms with Crippen LogP contribution in [0, 0.1) is 0 Å². The van der Waals surface area contributed by atoms with Gasteiger partial charge in [0.05, 0.1) is 15.2 Å². The number of rotatable bonds is 1. The van der Waals surface area contributed by atoms with Gasteiger partial charge < -0.3 is 5.73 Å². The minimum absolute atomic E-state index is 0.712. The van der Waals surface area contributed by atoms with E-state index in [4.69, 9.17) is 10.7 Å². The number of fused-ring (bicyclic) bond motifs is 1. The average molecular weight is 218 g/mol. The zero-order valence-electron chi connectivity index (χ0n) is 8.57. The molecule has 0 amide bonds. The smallest absolute Gasteiger partial charge is 0.0969 e. The number of nitrogens with two attached hydrogens (primary N) is 1. The van der Waals surface area contributed by atoms with Crippen LogP contribution in [0.1, 0.15) is 36.6 Å². The van der Waals surface area contributed by atoms with Crippen LogP contribution >= 0.6 is 11.3 Å². The highest BCUT2D eigenvalue weighted by Crippen LogP contribution is 2.38. The Bertz CT molecular complexity index is 483. The lowest BCUT2D eigenvalue weighted by Crippen LogP contribution is -1.89. The third-order valence-electron chi connectivity index (χ3n) is 3.13. The van der Waals surface area contributed by atoms with Crippen molar-refractivity contribution in [2.24, 2.45) is 0 Å². The Labute approximate surface area is 93.1 Å². The van der Waals surface area contributed by atoms with Crippen molar-refractivity contribution in [2.75, 3.05) is 5.73 Å². The quantitative estimate of drug-likeness (QED) is 0.744. The van der Waals surface area contributed by atoms with Gasteiger partial charge in [-0.1, -0.05) is 12.8 Å². The molecule has 1 fully saturated rings. The Hall–Kier alpha value is -1.09. The summed E-state index contributed by atoms with van der Waals surface area (Å²) < 4.78 is 1.23. The van der Waals surface area contributed by atoms with Crippen molar-refractivity contribution >= 4 is 27.2 Å². The van der Waals surface area contributed by atoms with E-state index < -0.39 is 0 Å². The predicted octanol–water partition coefficient (Wildman–Crippen LogP) is 3.54. The van der Waals surface area contributed by atoms with Crippen LogP contribution in [0.2, 0.25) is 0 Å². The molecule has 3 heteroatoms. The summed E-state index contributed by atoms with van der Waals surface area (Å²) in [6.07, 6.45) is 5.36. The van der Waals surface area contributed by atoms with Gasteiger partial charge in [0.2, 0.25) is 0 Å². The van der Waals surface area contributed by atoms with Crippen LogP contribution in [0.5, 0.6) is 0 Å². The van der Waals surface area contributed by atoms with Crippen molar-refractivity contribution in [2.45, 2.75) is 31.6 Å². The maximum absolute atomic E-state index is 5.77. The van der Waals surface area contributed by atoms with Gasteiger partial charge in [-0.25, -0.2) is 4.98 Å². The van der Waals surface area contributed by atoms with E-state index in [1.54, 1.807) is 0 Å². The van der Waals surface area contributed by atoms with Crippen LogP contribution < -0.4 is 5.73 Å². The normalized spacial score (nSPS) is 17.6. The predicted molar refractivity (Wildman–Crippen MR) is 65.2 cm³/mol. The summed E-state index contributed by atoms with van der Waals surface area (Å²) in [7, 11) is 0. The standard InChI is InChI=1S/C12H14N2S/c13-9-5-6-10-11(7-9)15-12(14-10)8-3-1-2-4-8/h5-8H,1-4,13H2. The number of aromatic nitrogens is 1. The fraction of sp³-hybridized carbons (Fsp3) is 0.417. The van der Waals surface area contributed by atoms with Gasteiger partial charge in [0.1, 0.15) is 0 Å². The van der Waals surface area contributed by atoms with Gasteiger partial charge in [-0.3, -0.25) is 0 Å². The number of nitrogen functional groups attached to an aromatic ring is 1. The van der Waals surface area contributed by atoms with Crippen molar-refractivity contribution in [3.8, 4) is 0 Å². The van der Waals surface area contributed by atoms with Crippen LogP contribution in [0.4, 0.5) is 5.69 Å². The molecule has 1 aromatic carbocycles. The van der Waals surface area contributed by atoms with E-state index in [2.05, 4.69) is 0 Å². The van der Waals surface area contributed by atoms with Gasteiger partial charge in [0, 0.05) is 11.6 Å². The molecule has 0 atom stereocenters. The number of benzene rings is 1. The van der Waals surface area contributed by atoms with E-state index in [9.17, 15) is 0 Å². The Kier molecular flexibility index (Phi) is 2.13. The van der Waals surface area contributed by atoms with E-state index in [0.717, 1.165) is 11.2 Å². The third kappa shape index (κ3) is 1.61. The summed E-state index contributed by atoms with van der Waals surface area (Å²) in [5.41, 5.74) is 7.71. The van der Waals surface area contributed by atoms with Crippen molar-refractivity contribution in [1.29, 1.82) is 0 Å². The zero-order chi connectivity index (χ0) is 10.3. The molecule has 0 saturated heterocycles. The van der Waals surface area contributed by atoms with Gasteiger partial charge in [-0.05, 0) is 31.0 Å². The van der Waals surface area contributed by atoms with Crippen LogP contribution in [-0.4, -0.2) is 4.98 Å². The largest absolute Gasteiger partial charge is 0.399 e. The SMILES string of the molecule is Nc1ccc2nc(C3CCCC3)sc2c1. The highest BCUT2D eigenvalue weighted by atomic mass is 32.1.